The van der Waals surface area contributed by atoms with Crippen molar-refractivity contribution in [1.82, 2.24) is 0 Å². The van der Waals surface area contributed by atoms with Crippen molar-refractivity contribution in [3.8, 4) is 11.5 Å². The van der Waals surface area contributed by atoms with Crippen molar-refractivity contribution in [1.29, 1.82) is 0 Å². The number of carbonyl (C=O) groups is 1. The van der Waals surface area contributed by atoms with Crippen LogP contribution >= 0.6 is 0 Å². The fourth-order valence-corrected chi connectivity index (χ4v) is 1.73. The minimum Gasteiger partial charge on any atom is -0.466 e. The summed E-state index contributed by atoms with van der Waals surface area (Å²) in [5.41, 5.74) is 9.02. The first-order valence-corrected chi connectivity index (χ1v) is 6.41. The number of ether oxygens (including phenoxy) is 2. The van der Waals surface area contributed by atoms with Crippen LogP contribution in [0.3, 0.4) is 0 Å². The molecule has 2 aromatic rings. The van der Waals surface area contributed by atoms with Gasteiger partial charge < -0.3 is 9.47 Å². The highest BCUT2D eigenvalue weighted by molar-refractivity contribution is 5.93. The maximum atomic E-state index is 11.5. The fourth-order valence-electron chi connectivity index (χ4n) is 1.73. The largest absolute Gasteiger partial charge is 0.466 e. The number of esters is 1. The second-order valence-electron chi connectivity index (χ2n) is 4.20. The SMILES string of the molecule is COC(=O)/C(=C\c1cccc(Oc2ccccc2)c1)N=[N+]=[N-]. The monoisotopic (exact) mass is 295 g/mol. The van der Waals surface area contributed by atoms with Crippen molar-refractivity contribution in [2.75, 3.05) is 7.11 Å². The van der Waals surface area contributed by atoms with Crippen LogP contribution in [0.15, 0.2) is 65.4 Å². The molecule has 2 aromatic carbocycles. The summed E-state index contributed by atoms with van der Waals surface area (Å²) in [7, 11) is 1.22. The van der Waals surface area contributed by atoms with Crippen LogP contribution in [-0.2, 0) is 9.53 Å². The Morgan fingerprint density at radius 1 is 1.14 bits per heavy atom. The number of para-hydroxylation sites is 1. The molecule has 0 aliphatic heterocycles. The van der Waals surface area contributed by atoms with E-state index < -0.39 is 5.97 Å². The van der Waals surface area contributed by atoms with Crippen LogP contribution in [0.1, 0.15) is 5.56 Å². The predicted molar refractivity (Wildman–Crippen MR) is 82.1 cm³/mol. The zero-order valence-corrected chi connectivity index (χ0v) is 11.8. The van der Waals surface area contributed by atoms with Gasteiger partial charge in [0, 0.05) is 4.91 Å². The summed E-state index contributed by atoms with van der Waals surface area (Å²) in [6.07, 6.45) is 1.43. The van der Waals surface area contributed by atoms with Gasteiger partial charge in [-0.1, -0.05) is 35.4 Å². The summed E-state index contributed by atoms with van der Waals surface area (Å²) >= 11 is 0. The maximum absolute atomic E-state index is 11.5. The van der Waals surface area contributed by atoms with Crippen LogP contribution in [0.5, 0.6) is 11.5 Å². The average molecular weight is 295 g/mol. The number of benzene rings is 2. The van der Waals surface area contributed by atoms with Gasteiger partial charge in [0.15, 0.2) is 0 Å². The van der Waals surface area contributed by atoms with Gasteiger partial charge in [-0.15, -0.1) is 0 Å². The summed E-state index contributed by atoms with van der Waals surface area (Å²) in [5, 5.41) is 3.33. The van der Waals surface area contributed by atoms with E-state index in [1.165, 1.54) is 13.2 Å². The molecule has 2 rings (SSSR count). The highest BCUT2D eigenvalue weighted by atomic mass is 16.5. The van der Waals surface area contributed by atoms with Crippen LogP contribution in [0, 0.1) is 0 Å². The molecule has 0 N–H and O–H groups in total. The van der Waals surface area contributed by atoms with Gasteiger partial charge in [0.1, 0.15) is 17.2 Å². The third kappa shape index (κ3) is 4.13. The van der Waals surface area contributed by atoms with Crippen molar-refractivity contribution in [2.24, 2.45) is 5.11 Å². The van der Waals surface area contributed by atoms with E-state index in [1.807, 2.05) is 30.3 Å². The van der Waals surface area contributed by atoms with E-state index in [9.17, 15) is 4.79 Å². The van der Waals surface area contributed by atoms with Gasteiger partial charge in [-0.2, -0.15) is 0 Å². The Kier molecular flexibility index (Phi) is 5.18. The van der Waals surface area contributed by atoms with Crippen molar-refractivity contribution < 1.29 is 14.3 Å². The Balaban J connectivity index is 2.27. The summed E-state index contributed by atoms with van der Waals surface area (Å²) in [4.78, 5) is 14.1. The Morgan fingerprint density at radius 3 is 2.55 bits per heavy atom. The lowest BCUT2D eigenvalue weighted by Crippen LogP contribution is -2.01. The number of azide groups is 1. The minimum absolute atomic E-state index is 0.123. The van der Waals surface area contributed by atoms with Crippen molar-refractivity contribution in [3.05, 3.63) is 76.3 Å². The van der Waals surface area contributed by atoms with Crippen LogP contribution in [-0.4, -0.2) is 13.1 Å². The molecule has 0 saturated heterocycles. The molecule has 22 heavy (non-hydrogen) atoms. The molecule has 110 valence electrons. The Morgan fingerprint density at radius 2 is 1.86 bits per heavy atom. The molecule has 0 heterocycles. The van der Waals surface area contributed by atoms with E-state index in [4.69, 9.17) is 10.3 Å². The molecule has 0 aliphatic rings. The number of hydrogen-bond donors (Lipinski definition) is 0. The van der Waals surface area contributed by atoms with E-state index in [1.54, 1.807) is 24.3 Å². The summed E-state index contributed by atoms with van der Waals surface area (Å²) < 4.78 is 10.3. The zero-order valence-electron chi connectivity index (χ0n) is 11.8. The summed E-state index contributed by atoms with van der Waals surface area (Å²) in [5.74, 6) is 0.601. The molecule has 0 radical (unpaired) electrons. The Hall–Kier alpha value is -3.24. The van der Waals surface area contributed by atoms with E-state index >= 15 is 0 Å². The number of rotatable bonds is 5. The lowest BCUT2D eigenvalue weighted by Gasteiger charge is -2.06. The van der Waals surface area contributed by atoms with Gasteiger partial charge in [-0.25, -0.2) is 4.79 Å². The first kappa shape index (κ1) is 15.2. The fraction of sp³-hybridized carbons (Fsp3) is 0.0625. The lowest BCUT2D eigenvalue weighted by atomic mass is 10.2. The third-order valence-corrected chi connectivity index (χ3v) is 2.69. The Bertz CT molecular complexity index is 735. The second-order valence-corrected chi connectivity index (χ2v) is 4.20. The molecule has 6 heteroatoms. The van der Waals surface area contributed by atoms with E-state index in [0.717, 1.165) is 0 Å². The lowest BCUT2D eigenvalue weighted by molar-refractivity contribution is -0.136. The number of carbonyl (C=O) groups excluding carboxylic acids is 1. The zero-order chi connectivity index (χ0) is 15.8. The molecule has 0 saturated carbocycles. The molecule has 0 amide bonds. The number of nitrogens with zero attached hydrogens (tertiary/aromatic N) is 3. The second kappa shape index (κ2) is 7.52. The van der Waals surface area contributed by atoms with Crippen molar-refractivity contribution in [2.45, 2.75) is 0 Å². The van der Waals surface area contributed by atoms with Crippen molar-refractivity contribution >= 4 is 12.0 Å². The highest BCUT2D eigenvalue weighted by Gasteiger charge is 2.07. The summed E-state index contributed by atoms with van der Waals surface area (Å²) in [6, 6.07) is 16.4. The molecule has 0 bridgehead atoms. The van der Waals surface area contributed by atoms with E-state index in [-0.39, 0.29) is 5.70 Å². The van der Waals surface area contributed by atoms with Gasteiger partial charge in [0.05, 0.1) is 7.11 Å². The topological polar surface area (TPSA) is 84.3 Å². The number of hydrogen-bond acceptors (Lipinski definition) is 4. The molecule has 0 atom stereocenters. The van der Waals surface area contributed by atoms with Crippen LogP contribution in [0.25, 0.3) is 16.5 Å². The molecule has 0 spiro atoms. The molecule has 0 aliphatic carbocycles. The highest BCUT2D eigenvalue weighted by Crippen LogP contribution is 2.23. The molecule has 0 fully saturated rings. The Labute approximate surface area is 127 Å². The smallest absolute Gasteiger partial charge is 0.340 e. The summed E-state index contributed by atoms with van der Waals surface area (Å²) in [6.45, 7) is 0. The van der Waals surface area contributed by atoms with Crippen LogP contribution < -0.4 is 4.74 Å². The molecular formula is C16H13N3O3. The average Bonchev–Trinajstić information content (AvgIpc) is 2.55. The maximum Gasteiger partial charge on any atom is 0.340 e. The standard InChI is InChI=1S/C16H13N3O3/c1-21-16(20)15(18-19-17)11-12-6-5-9-14(10-12)22-13-7-3-2-4-8-13/h2-11H,1H3/b15-11+. The molecule has 6 nitrogen and oxygen atoms in total. The van der Waals surface area contributed by atoms with Crippen LogP contribution in [0.4, 0.5) is 0 Å². The first-order chi connectivity index (χ1) is 10.7. The normalized spacial score (nSPS) is 10.5. The van der Waals surface area contributed by atoms with Gasteiger partial charge in [0.25, 0.3) is 0 Å². The van der Waals surface area contributed by atoms with E-state index in [2.05, 4.69) is 14.8 Å². The van der Waals surface area contributed by atoms with Gasteiger partial charge >= 0.3 is 5.97 Å². The third-order valence-electron chi connectivity index (χ3n) is 2.69. The van der Waals surface area contributed by atoms with Crippen molar-refractivity contribution in [3.63, 3.8) is 0 Å². The van der Waals surface area contributed by atoms with E-state index in [0.29, 0.717) is 17.1 Å². The molecular weight excluding hydrogens is 282 g/mol. The van der Waals surface area contributed by atoms with Gasteiger partial charge in [0.2, 0.25) is 0 Å². The number of methoxy groups -OCH3 is 1. The van der Waals surface area contributed by atoms with Gasteiger partial charge in [-0.05, 0) is 41.4 Å². The molecule has 0 aromatic heterocycles. The quantitative estimate of drug-likeness (QED) is 0.271. The minimum atomic E-state index is -0.702. The van der Waals surface area contributed by atoms with Crippen LogP contribution in [0.2, 0.25) is 0 Å². The van der Waals surface area contributed by atoms with Gasteiger partial charge in [-0.3, -0.25) is 0 Å². The first-order valence-electron chi connectivity index (χ1n) is 6.41. The molecule has 0 unspecified atom stereocenters. The predicted octanol–water partition coefficient (Wildman–Crippen LogP) is 4.30.